The monoisotopic (exact) mass is 428 g/mol. The highest BCUT2D eigenvalue weighted by Crippen LogP contribution is 2.37. The van der Waals surface area contributed by atoms with Crippen LogP contribution in [0.4, 0.5) is 8.78 Å². The summed E-state index contributed by atoms with van der Waals surface area (Å²) in [4.78, 5) is 6.56. The van der Waals surface area contributed by atoms with Gasteiger partial charge in [-0.15, -0.1) is 0 Å². The zero-order valence-electron chi connectivity index (χ0n) is 16.6. The summed E-state index contributed by atoms with van der Waals surface area (Å²) < 4.78 is 33.5. The average molecular weight is 429 g/mol. The second-order valence-corrected chi connectivity index (χ2v) is 8.20. The quantitative estimate of drug-likeness (QED) is 0.503. The van der Waals surface area contributed by atoms with Crippen LogP contribution in [0.1, 0.15) is 24.0 Å². The molecule has 0 bridgehead atoms. The first-order valence-corrected chi connectivity index (χ1v) is 10.4. The van der Waals surface area contributed by atoms with Gasteiger partial charge in [0.1, 0.15) is 6.10 Å². The number of rotatable bonds is 6. The molecule has 156 valence electrons. The first kappa shape index (κ1) is 20.8. The molecule has 0 aliphatic carbocycles. The Morgan fingerprint density at radius 3 is 2.57 bits per heavy atom. The van der Waals surface area contributed by atoms with Gasteiger partial charge in [-0.2, -0.15) is 0 Å². The number of benzene rings is 2. The second-order valence-electron chi connectivity index (χ2n) is 7.76. The molecule has 1 saturated heterocycles. The molecule has 3 atom stereocenters. The van der Waals surface area contributed by atoms with E-state index in [2.05, 4.69) is 22.0 Å². The Balaban J connectivity index is 1.56. The number of likely N-dealkylation sites (tertiary alicyclic amines) is 1. The van der Waals surface area contributed by atoms with Crippen LogP contribution >= 0.6 is 11.6 Å². The Morgan fingerprint density at radius 1 is 1.07 bits per heavy atom. The van der Waals surface area contributed by atoms with Gasteiger partial charge >= 0.3 is 0 Å². The first-order chi connectivity index (χ1) is 14.5. The van der Waals surface area contributed by atoms with E-state index < -0.39 is 11.6 Å². The van der Waals surface area contributed by atoms with E-state index >= 15 is 0 Å². The number of hydrogen-bond acceptors (Lipinski definition) is 3. The molecule has 3 nitrogen and oxygen atoms in total. The lowest BCUT2D eigenvalue weighted by Gasteiger charge is -2.26. The van der Waals surface area contributed by atoms with Crippen LogP contribution in [0, 0.1) is 17.6 Å². The van der Waals surface area contributed by atoms with E-state index in [4.69, 9.17) is 16.3 Å². The van der Waals surface area contributed by atoms with Crippen molar-refractivity contribution in [1.29, 1.82) is 0 Å². The van der Waals surface area contributed by atoms with Crippen LogP contribution in [-0.4, -0.2) is 29.1 Å². The normalized spacial score (nSPS) is 20.3. The van der Waals surface area contributed by atoms with Crippen molar-refractivity contribution >= 4 is 11.6 Å². The highest BCUT2D eigenvalue weighted by atomic mass is 35.5. The van der Waals surface area contributed by atoms with Crippen molar-refractivity contribution in [2.24, 2.45) is 5.92 Å². The third-order valence-electron chi connectivity index (χ3n) is 5.67. The lowest BCUT2D eigenvalue weighted by Crippen LogP contribution is -2.30. The molecule has 2 aromatic carbocycles. The molecular formula is C24H23ClF2N2O. The topological polar surface area (TPSA) is 25.4 Å². The molecule has 6 heteroatoms. The molecular weight excluding hydrogens is 406 g/mol. The minimum absolute atomic E-state index is 0.0195. The summed E-state index contributed by atoms with van der Waals surface area (Å²) >= 11 is 5.91. The highest BCUT2D eigenvalue weighted by molar-refractivity contribution is 6.30. The number of nitrogens with zero attached hydrogens (tertiary/aromatic N) is 2. The van der Waals surface area contributed by atoms with Gasteiger partial charge in [0, 0.05) is 43.7 Å². The Labute approximate surface area is 180 Å². The van der Waals surface area contributed by atoms with Crippen molar-refractivity contribution in [2.75, 3.05) is 13.1 Å². The molecule has 1 aliphatic rings. The van der Waals surface area contributed by atoms with Gasteiger partial charge in [-0.25, -0.2) is 13.8 Å². The predicted octanol–water partition coefficient (Wildman–Crippen LogP) is 5.70. The molecule has 1 fully saturated rings. The van der Waals surface area contributed by atoms with Gasteiger partial charge in [0.15, 0.2) is 11.6 Å². The molecule has 1 aromatic heterocycles. The van der Waals surface area contributed by atoms with Gasteiger partial charge in [0.2, 0.25) is 5.88 Å². The van der Waals surface area contributed by atoms with Crippen LogP contribution in [0.3, 0.4) is 0 Å². The maximum Gasteiger partial charge on any atom is 0.213 e. The van der Waals surface area contributed by atoms with Crippen molar-refractivity contribution in [3.05, 3.63) is 94.6 Å². The van der Waals surface area contributed by atoms with E-state index in [0.717, 1.165) is 25.2 Å². The molecule has 1 aliphatic heterocycles. The molecule has 4 rings (SSSR count). The van der Waals surface area contributed by atoms with Crippen LogP contribution in [0.25, 0.3) is 0 Å². The van der Waals surface area contributed by atoms with Crippen molar-refractivity contribution < 1.29 is 13.5 Å². The molecule has 3 aromatic rings. The molecule has 30 heavy (non-hydrogen) atoms. The summed E-state index contributed by atoms with van der Waals surface area (Å²) in [5.41, 5.74) is 2.00. The largest absolute Gasteiger partial charge is 0.474 e. The third kappa shape index (κ3) is 4.79. The zero-order chi connectivity index (χ0) is 21.1. The highest BCUT2D eigenvalue weighted by Gasteiger charge is 2.38. The standard InChI is InChI=1S/C24H23ClF2N2O/c1-16(30-24-10-8-19(25)12-28-24)20-14-29(13-17-5-3-2-4-6-17)15-21(20)18-7-9-22(26)23(27)11-18/h2-12,16,20-21H,13-15H2,1H3/t16-,20+,21+/m0/s1. The van der Waals surface area contributed by atoms with E-state index in [1.54, 1.807) is 24.4 Å². The first-order valence-electron chi connectivity index (χ1n) is 9.99. The molecule has 2 heterocycles. The lowest BCUT2D eigenvalue weighted by atomic mass is 9.85. The van der Waals surface area contributed by atoms with E-state index in [1.165, 1.54) is 17.7 Å². The minimum Gasteiger partial charge on any atom is -0.474 e. The van der Waals surface area contributed by atoms with Gasteiger partial charge in [-0.3, -0.25) is 4.90 Å². The van der Waals surface area contributed by atoms with Crippen LogP contribution in [0.2, 0.25) is 5.02 Å². The summed E-state index contributed by atoms with van der Waals surface area (Å²) in [6.45, 7) is 4.32. The van der Waals surface area contributed by atoms with E-state index in [-0.39, 0.29) is 17.9 Å². The zero-order valence-corrected chi connectivity index (χ0v) is 17.4. The molecule has 0 radical (unpaired) electrons. The summed E-state index contributed by atoms with van der Waals surface area (Å²) in [6, 6.07) is 17.9. The van der Waals surface area contributed by atoms with Crippen LogP contribution < -0.4 is 4.74 Å². The van der Waals surface area contributed by atoms with Gasteiger partial charge in [0.25, 0.3) is 0 Å². The maximum atomic E-state index is 13.9. The van der Waals surface area contributed by atoms with Crippen molar-refractivity contribution in [3.8, 4) is 5.88 Å². The smallest absolute Gasteiger partial charge is 0.213 e. The number of pyridine rings is 1. The predicted molar refractivity (Wildman–Crippen MR) is 114 cm³/mol. The molecule has 0 spiro atoms. The summed E-state index contributed by atoms with van der Waals surface area (Å²) in [5.74, 6) is -1.04. The van der Waals surface area contributed by atoms with E-state index in [0.29, 0.717) is 10.9 Å². The van der Waals surface area contributed by atoms with Crippen LogP contribution in [0.15, 0.2) is 66.9 Å². The van der Waals surface area contributed by atoms with Crippen molar-refractivity contribution in [1.82, 2.24) is 9.88 Å². The van der Waals surface area contributed by atoms with E-state index in [9.17, 15) is 8.78 Å². The van der Waals surface area contributed by atoms with Crippen LogP contribution in [-0.2, 0) is 6.54 Å². The lowest BCUT2D eigenvalue weighted by molar-refractivity contribution is 0.138. The number of aromatic nitrogens is 1. The Kier molecular flexibility index (Phi) is 6.30. The molecule has 0 amide bonds. The third-order valence-corrected chi connectivity index (χ3v) is 5.89. The fourth-order valence-corrected chi connectivity index (χ4v) is 4.28. The Morgan fingerprint density at radius 2 is 1.87 bits per heavy atom. The minimum atomic E-state index is -0.830. The van der Waals surface area contributed by atoms with Crippen LogP contribution in [0.5, 0.6) is 5.88 Å². The number of hydrogen-bond donors (Lipinski definition) is 0. The average Bonchev–Trinajstić information content (AvgIpc) is 3.16. The number of halogens is 3. The van der Waals surface area contributed by atoms with Gasteiger partial charge in [0.05, 0.1) is 5.02 Å². The van der Waals surface area contributed by atoms with Gasteiger partial charge in [-0.05, 0) is 36.2 Å². The van der Waals surface area contributed by atoms with Crippen molar-refractivity contribution in [3.63, 3.8) is 0 Å². The number of ether oxygens (including phenoxy) is 1. The fourth-order valence-electron chi connectivity index (χ4n) is 4.17. The molecule has 0 unspecified atom stereocenters. The van der Waals surface area contributed by atoms with Gasteiger partial charge < -0.3 is 4.74 Å². The SMILES string of the molecule is C[C@H](Oc1ccc(Cl)cn1)[C@H]1CN(Cc2ccccc2)C[C@@H]1c1ccc(F)c(F)c1. The van der Waals surface area contributed by atoms with E-state index in [1.807, 2.05) is 25.1 Å². The Bertz CT molecular complexity index is 984. The summed E-state index contributed by atoms with van der Waals surface area (Å²) in [6.07, 6.45) is 1.38. The van der Waals surface area contributed by atoms with Gasteiger partial charge in [-0.1, -0.05) is 48.0 Å². The fraction of sp³-hybridized carbons (Fsp3) is 0.292. The molecule has 0 N–H and O–H groups in total. The summed E-state index contributed by atoms with van der Waals surface area (Å²) in [7, 11) is 0. The molecule has 0 saturated carbocycles. The maximum absolute atomic E-state index is 13.9. The van der Waals surface area contributed by atoms with Crippen molar-refractivity contribution in [2.45, 2.75) is 25.5 Å². The second kappa shape index (κ2) is 9.11. The Hall–Kier alpha value is -2.50. The summed E-state index contributed by atoms with van der Waals surface area (Å²) in [5, 5.41) is 0.546.